The topological polar surface area (TPSA) is 58.6 Å². The Hall–Kier alpha value is -2.04. The van der Waals surface area contributed by atoms with Crippen LogP contribution in [0.3, 0.4) is 0 Å². The molecule has 2 aliphatic rings. The Kier molecular flexibility index (Phi) is 4.05. The summed E-state index contributed by atoms with van der Waals surface area (Å²) in [5, 5.41) is 2.92. The van der Waals surface area contributed by atoms with Crippen LogP contribution in [0.2, 0.25) is 0 Å². The smallest absolute Gasteiger partial charge is 0.410 e. The third kappa shape index (κ3) is 3.08. The Morgan fingerprint density at radius 1 is 1.41 bits per heavy atom. The quantitative estimate of drug-likeness (QED) is 0.912. The van der Waals surface area contributed by atoms with Crippen molar-refractivity contribution in [3.05, 3.63) is 35.9 Å². The molecule has 2 saturated heterocycles. The number of amides is 2. The van der Waals surface area contributed by atoms with E-state index in [1.165, 1.54) is 0 Å². The van der Waals surface area contributed by atoms with Crippen LogP contribution < -0.4 is 5.32 Å². The summed E-state index contributed by atoms with van der Waals surface area (Å²) in [4.78, 5) is 25.5. The summed E-state index contributed by atoms with van der Waals surface area (Å²) in [5.41, 5.74) is 1.02. The minimum Gasteiger partial charge on any atom is -0.445 e. The first-order valence-electron chi connectivity index (χ1n) is 7.82. The number of hydrogen-bond acceptors (Lipinski definition) is 3. The summed E-state index contributed by atoms with van der Waals surface area (Å²) in [5.74, 6) is 0.132. The summed E-state index contributed by atoms with van der Waals surface area (Å²) < 4.78 is 5.41. The van der Waals surface area contributed by atoms with E-state index in [0.29, 0.717) is 19.6 Å². The molecule has 1 aromatic rings. The van der Waals surface area contributed by atoms with Crippen LogP contribution in [0.4, 0.5) is 4.79 Å². The van der Waals surface area contributed by atoms with Gasteiger partial charge in [0.05, 0.1) is 0 Å². The highest BCUT2D eigenvalue weighted by Crippen LogP contribution is 2.40. The van der Waals surface area contributed by atoms with Crippen LogP contribution in [0.1, 0.15) is 31.7 Å². The summed E-state index contributed by atoms with van der Waals surface area (Å²) in [6.07, 6.45) is 2.04. The molecular formula is C17H22N2O3. The van der Waals surface area contributed by atoms with Crippen molar-refractivity contribution in [2.45, 2.75) is 38.8 Å². The lowest BCUT2D eigenvalue weighted by Gasteiger charge is -2.42. The van der Waals surface area contributed by atoms with Gasteiger partial charge in [-0.3, -0.25) is 4.79 Å². The zero-order valence-corrected chi connectivity index (χ0v) is 12.9. The van der Waals surface area contributed by atoms with Crippen molar-refractivity contribution in [3.8, 4) is 0 Å². The molecule has 2 aliphatic heterocycles. The standard InChI is InChI=1S/C17H22N2O3/c1-13-9-17(10-15(20)18-12-17)7-8-19(13)16(21)22-11-14-5-3-2-4-6-14/h2-6,13H,7-12H2,1H3,(H,18,20)/t13-,17+/m0/s1. The van der Waals surface area contributed by atoms with Gasteiger partial charge in [-0.25, -0.2) is 4.79 Å². The minimum atomic E-state index is -0.261. The van der Waals surface area contributed by atoms with Crippen molar-refractivity contribution >= 4 is 12.0 Å². The van der Waals surface area contributed by atoms with Crippen LogP contribution in [0, 0.1) is 5.41 Å². The summed E-state index contributed by atoms with van der Waals surface area (Å²) in [7, 11) is 0. The monoisotopic (exact) mass is 302 g/mol. The molecule has 5 heteroatoms. The summed E-state index contributed by atoms with van der Waals surface area (Å²) in [6, 6.07) is 9.79. The molecule has 2 heterocycles. The second-order valence-corrected chi connectivity index (χ2v) is 6.49. The van der Waals surface area contributed by atoms with Gasteiger partial charge in [0.25, 0.3) is 0 Å². The number of nitrogens with zero attached hydrogens (tertiary/aromatic N) is 1. The lowest BCUT2D eigenvalue weighted by molar-refractivity contribution is -0.119. The van der Waals surface area contributed by atoms with E-state index in [-0.39, 0.29) is 23.5 Å². The molecule has 118 valence electrons. The largest absolute Gasteiger partial charge is 0.445 e. The van der Waals surface area contributed by atoms with E-state index in [9.17, 15) is 9.59 Å². The van der Waals surface area contributed by atoms with E-state index in [4.69, 9.17) is 4.74 Å². The van der Waals surface area contributed by atoms with Gasteiger partial charge in [0.2, 0.25) is 5.91 Å². The van der Waals surface area contributed by atoms with Gasteiger partial charge in [0.15, 0.2) is 0 Å². The Bertz CT molecular complexity index is 560. The van der Waals surface area contributed by atoms with Crippen molar-refractivity contribution in [3.63, 3.8) is 0 Å². The Morgan fingerprint density at radius 2 is 2.18 bits per heavy atom. The minimum absolute atomic E-state index is 0.0344. The second-order valence-electron chi connectivity index (χ2n) is 6.49. The van der Waals surface area contributed by atoms with Gasteiger partial charge >= 0.3 is 6.09 Å². The van der Waals surface area contributed by atoms with Crippen molar-refractivity contribution in [1.82, 2.24) is 10.2 Å². The molecule has 22 heavy (non-hydrogen) atoms. The van der Waals surface area contributed by atoms with E-state index in [1.807, 2.05) is 37.3 Å². The van der Waals surface area contributed by atoms with Crippen LogP contribution >= 0.6 is 0 Å². The lowest BCUT2D eigenvalue weighted by atomic mass is 9.75. The first-order chi connectivity index (χ1) is 10.6. The maximum Gasteiger partial charge on any atom is 0.410 e. The number of carbonyl (C=O) groups excluding carboxylic acids is 2. The number of rotatable bonds is 2. The summed E-state index contributed by atoms with van der Waals surface area (Å²) >= 11 is 0. The van der Waals surface area contributed by atoms with E-state index in [0.717, 1.165) is 24.9 Å². The SMILES string of the molecule is C[C@H]1C[C@@]2(CCN1C(=O)OCc1ccccc1)CNC(=O)C2. The van der Waals surface area contributed by atoms with Gasteiger partial charge < -0.3 is 15.0 Å². The highest BCUT2D eigenvalue weighted by atomic mass is 16.6. The third-order valence-electron chi connectivity index (χ3n) is 4.78. The number of benzene rings is 1. The summed E-state index contributed by atoms with van der Waals surface area (Å²) in [6.45, 7) is 3.73. The fraction of sp³-hybridized carbons (Fsp3) is 0.529. The van der Waals surface area contributed by atoms with Gasteiger partial charge in [-0.1, -0.05) is 30.3 Å². The average Bonchev–Trinajstić information content (AvgIpc) is 2.86. The van der Waals surface area contributed by atoms with Crippen LogP contribution in [0.5, 0.6) is 0 Å². The fourth-order valence-electron chi connectivity index (χ4n) is 3.56. The van der Waals surface area contributed by atoms with E-state index >= 15 is 0 Å². The molecule has 2 amide bonds. The first-order valence-corrected chi connectivity index (χ1v) is 7.82. The number of carbonyl (C=O) groups is 2. The van der Waals surface area contributed by atoms with Gasteiger partial charge in [0.1, 0.15) is 6.61 Å². The molecule has 2 atom stereocenters. The molecule has 5 nitrogen and oxygen atoms in total. The highest BCUT2D eigenvalue weighted by Gasteiger charge is 2.44. The molecule has 1 aromatic carbocycles. The second kappa shape index (κ2) is 5.99. The molecule has 0 unspecified atom stereocenters. The molecular weight excluding hydrogens is 280 g/mol. The zero-order chi connectivity index (χ0) is 15.6. The van der Waals surface area contributed by atoms with Crippen LogP contribution in [-0.2, 0) is 16.1 Å². The van der Waals surface area contributed by atoms with E-state index in [2.05, 4.69) is 5.32 Å². The van der Waals surface area contributed by atoms with Crippen LogP contribution in [0.25, 0.3) is 0 Å². The van der Waals surface area contributed by atoms with Gasteiger partial charge in [-0.05, 0) is 25.3 Å². The molecule has 0 aromatic heterocycles. The third-order valence-corrected chi connectivity index (χ3v) is 4.78. The lowest BCUT2D eigenvalue weighted by Crippen LogP contribution is -2.49. The van der Waals surface area contributed by atoms with Crippen LogP contribution in [-0.4, -0.2) is 36.0 Å². The van der Waals surface area contributed by atoms with E-state index < -0.39 is 0 Å². The Labute approximate surface area is 130 Å². The van der Waals surface area contributed by atoms with Gasteiger partial charge in [-0.2, -0.15) is 0 Å². The predicted octanol–water partition coefficient (Wildman–Crippen LogP) is 2.31. The molecule has 0 saturated carbocycles. The number of piperidine rings is 1. The van der Waals surface area contributed by atoms with Gasteiger partial charge in [0, 0.05) is 31.0 Å². The van der Waals surface area contributed by atoms with Crippen molar-refractivity contribution in [1.29, 1.82) is 0 Å². The van der Waals surface area contributed by atoms with Crippen molar-refractivity contribution in [2.75, 3.05) is 13.1 Å². The predicted molar refractivity (Wildman–Crippen MR) is 82.1 cm³/mol. The molecule has 2 fully saturated rings. The normalized spacial score (nSPS) is 27.8. The molecule has 1 N–H and O–H groups in total. The fourth-order valence-corrected chi connectivity index (χ4v) is 3.56. The number of nitrogens with one attached hydrogen (secondary N) is 1. The zero-order valence-electron chi connectivity index (χ0n) is 12.9. The van der Waals surface area contributed by atoms with Gasteiger partial charge in [-0.15, -0.1) is 0 Å². The maximum atomic E-state index is 12.3. The Morgan fingerprint density at radius 3 is 2.82 bits per heavy atom. The van der Waals surface area contributed by atoms with E-state index in [1.54, 1.807) is 4.90 Å². The molecule has 0 aliphatic carbocycles. The molecule has 0 radical (unpaired) electrons. The number of likely N-dealkylation sites (tertiary alicyclic amines) is 1. The molecule has 1 spiro atoms. The van der Waals surface area contributed by atoms with Crippen molar-refractivity contribution in [2.24, 2.45) is 5.41 Å². The maximum absolute atomic E-state index is 12.3. The molecule has 0 bridgehead atoms. The van der Waals surface area contributed by atoms with Crippen molar-refractivity contribution < 1.29 is 14.3 Å². The average molecular weight is 302 g/mol. The van der Waals surface area contributed by atoms with Crippen LogP contribution in [0.15, 0.2) is 30.3 Å². The number of ether oxygens (including phenoxy) is 1. The molecule has 3 rings (SSSR count). The highest BCUT2D eigenvalue weighted by molar-refractivity contribution is 5.79. The first kappa shape index (κ1) is 14.9. The number of hydrogen-bond donors (Lipinski definition) is 1. The Balaban J connectivity index is 1.55.